The summed E-state index contributed by atoms with van der Waals surface area (Å²) in [6.07, 6.45) is -0.0987. The summed E-state index contributed by atoms with van der Waals surface area (Å²) in [4.78, 5) is 37.0. The van der Waals surface area contributed by atoms with Crippen LogP contribution in [0.2, 0.25) is 0 Å². The van der Waals surface area contributed by atoms with Gasteiger partial charge in [-0.2, -0.15) is 0 Å². The summed E-state index contributed by atoms with van der Waals surface area (Å²) in [6.45, 7) is 5.00. The van der Waals surface area contributed by atoms with Crippen molar-refractivity contribution >= 4 is 28.8 Å². The second kappa shape index (κ2) is 7.99. The van der Waals surface area contributed by atoms with Crippen LogP contribution in [0.3, 0.4) is 0 Å². The molecule has 0 bridgehead atoms. The molecule has 0 aliphatic carbocycles. The topological polar surface area (TPSA) is 102 Å². The first-order valence-corrected chi connectivity index (χ1v) is 8.19. The second-order valence-electron chi connectivity index (χ2n) is 7.01. The molecule has 1 N–H and O–H groups in total. The van der Waals surface area contributed by atoms with E-state index < -0.39 is 18.5 Å². The highest BCUT2D eigenvalue weighted by atomic mass is 16.5. The van der Waals surface area contributed by atoms with E-state index in [-0.39, 0.29) is 24.4 Å². The summed E-state index contributed by atoms with van der Waals surface area (Å²) < 4.78 is 10.1. The van der Waals surface area contributed by atoms with Crippen molar-refractivity contribution in [3.63, 3.8) is 0 Å². The van der Waals surface area contributed by atoms with E-state index in [2.05, 4.69) is 10.5 Å². The van der Waals surface area contributed by atoms with Gasteiger partial charge in [0.2, 0.25) is 5.91 Å². The molecule has 0 saturated carbocycles. The van der Waals surface area contributed by atoms with E-state index in [1.165, 1.54) is 11.9 Å². The maximum atomic E-state index is 12.0. The largest absolute Gasteiger partial charge is 0.455 e. The Kier molecular flexibility index (Phi) is 5.97. The van der Waals surface area contributed by atoms with Gasteiger partial charge in [-0.25, -0.2) is 0 Å². The predicted molar refractivity (Wildman–Crippen MR) is 94.2 cm³/mol. The van der Waals surface area contributed by atoms with Gasteiger partial charge in [0.05, 0.1) is 13.0 Å². The standard InChI is InChI=1S/C18H23N3O5/c1-18(2,3)19-15(22)10-21(4)16(23)11-25-17(24)9-13-12-7-5-6-8-14(12)26-20-13/h5-8H,9-11H2,1-4H3,(H,19,22). The van der Waals surface area contributed by atoms with E-state index in [1.54, 1.807) is 18.2 Å². The van der Waals surface area contributed by atoms with E-state index in [9.17, 15) is 14.4 Å². The molecule has 0 unspecified atom stereocenters. The van der Waals surface area contributed by atoms with Crippen LogP contribution < -0.4 is 5.32 Å². The minimum atomic E-state index is -0.593. The quantitative estimate of drug-likeness (QED) is 0.778. The molecule has 0 fully saturated rings. The molecule has 8 nitrogen and oxygen atoms in total. The number of aromatic nitrogens is 1. The van der Waals surface area contributed by atoms with Crippen molar-refractivity contribution in [2.45, 2.75) is 32.7 Å². The van der Waals surface area contributed by atoms with Gasteiger partial charge in [-0.1, -0.05) is 17.3 Å². The van der Waals surface area contributed by atoms with Gasteiger partial charge in [-0.3, -0.25) is 14.4 Å². The number of hydrogen-bond acceptors (Lipinski definition) is 6. The second-order valence-corrected chi connectivity index (χ2v) is 7.01. The number of ether oxygens (including phenoxy) is 1. The molecule has 26 heavy (non-hydrogen) atoms. The van der Waals surface area contributed by atoms with Gasteiger partial charge >= 0.3 is 5.97 Å². The Morgan fingerprint density at radius 3 is 2.62 bits per heavy atom. The summed E-state index contributed by atoms with van der Waals surface area (Å²) in [5, 5.41) is 7.33. The molecule has 0 aliphatic rings. The van der Waals surface area contributed by atoms with E-state index in [0.29, 0.717) is 11.3 Å². The maximum absolute atomic E-state index is 12.0. The first-order chi connectivity index (χ1) is 12.2. The Morgan fingerprint density at radius 2 is 1.92 bits per heavy atom. The summed E-state index contributed by atoms with van der Waals surface area (Å²) in [5.74, 6) is -1.34. The van der Waals surface area contributed by atoms with Crippen LogP contribution in [-0.2, 0) is 25.5 Å². The summed E-state index contributed by atoms with van der Waals surface area (Å²) >= 11 is 0. The van der Waals surface area contributed by atoms with Crippen LogP contribution in [0, 0.1) is 0 Å². The highest BCUT2D eigenvalue weighted by molar-refractivity contribution is 5.87. The Hall–Kier alpha value is -2.90. The van der Waals surface area contributed by atoms with Gasteiger partial charge in [0.15, 0.2) is 12.2 Å². The molecule has 0 aliphatic heterocycles. The van der Waals surface area contributed by atoms with Crippen molar-refractivity contribution in [3.8, 4) is 0 Å². The van der Waals surface area contributed by atoms with Crippen molar-refractivity contribution in [1.82, 2.24) is 15.4 Å². The lowest BCUT2D eigenvalue weighted by atomic mass is 10.1. The smallest absolute Gasteiger partial charge is 0.312 e. The lowest BCUT2D eigenvalue weighted by Gasteiger charge is -2.23. The van der Waals surface area contributed by atoms with E-state index in [1.807, 2.05) is 26.8 Å². The maximum Gasteiger partial charge on any atom is 0.312 e. The molecule has 0 spiro atoms. The number of rotatable bonds is 6. The van der Waals surface area contributed by atoms with Crippen molar-refractivity contribution in [3.05, 3.63) is 30.0 Å². The van der Waals surface area contributed by atoms with Crippen molar-refractivity contribution in [2.75, 3.05) is 20.2 Å². The van der Waals surface area contributed by atoms with Gasteiger partial charge in [0, 0.05) is 18.0 Å². The van der Waals surface area contributed by atoms with Crippen LogP contribution in [0.1, 0.15) is 26.5 Å². The van der Waals surface area contributed by atoms with Crippen molar-refractivity contribution in [2.24, 2.45) is 0 Å². The minimum Gasteiger partial charge on any atom is -0.455 e. The molecule has 140 valence electrons. The van der Waals surface area contributed by atoms with Gasteiger partial charge in [0.25, 0.3) is 5.91 Å². The molecule has 0 saturated heterocycles. The van der Waals surface area contributed by atoms with Crippen LogP contribution in [0.5, 0.6) is 0 Å². The summed E-state index contributed by atoms with van der Waals surface area (Å²) in [6, 6.07) is 7.16. The fourth-order valence-electron chi connectivity index (χ4n) is 2.27. The fourth-order valence-corrected chi connectivity index (χ4v) is 2.27. The Morgan fingerprint density at radius 1 is 1.23 bits per heavy atom. The molecule has 1 heterocycles. The zero-order chi connectivity index (χ0) is 19.3. The Bertz CT molecular complexity index is 807. The number of carbonyl (C=O) groups excluding carboxylic acids is 3. The predicted octanol–water partition coefficient (Wildman–Crippen LogP) is 1.29. The van der Waals surface area contributed by atoms with Crippen LogP contribution in [0.4, 0.5) is 0 Å². The normalized spacial score (nSPS) is 11.2. The zero-order valence-electron chi connectivity index (χ0n) is 15.4. The number of para-hydroxylation sites is 1. The molecule has 0 atom stereocenters. The van der Waals surface area contributed by atoms with Gasteiger partial charge in [0.1, 0.15) is 5.69 Å². The number of nitrogens with zero attached hydrogens (tertiary/aromatic N) is 2. The number of esters is 1. The molecular weight excluding hydrogens is 338 g/mol. The van der Waals surface area contributed by atoms with Crippen molar-refractivity contribution < 1.29 is 23.6 Å². The van der Waals surface area contributed by atoms with Crippen LogP contribution in [0.15, 0.2) is 28.8 Å². The Balaban J connectivity index is 1.81. The van der Waals surface area contributed by atoms with E-state index in [4.69, 9.17) is 9.26 Å². The Labute approximate surface area is 151 Å². The number of fused-ring (bicyclic) bond motifs is 1. The van der Waals surface area contributed by atoms with Crippen LogP contribution >= 0.6 is 0 Å². The first-order valence-electron chi connectivity index (χ1n) is 8.19. The number of benzene rings is 1. The third-order valence-electron chi connectivity index (χ3n) is 3.44. The molecular formula is C18H23N3O5. The number of carbonyl (C=O) groups is 3. The van der Waals surface area contributed by atoms with Gasteiger partial charge in [-0.15, -0.1) is 0 Å². The van der Waals surface area contributed by atoms with Gasteiger partial charge < -0.3 is 19.5 Å². The van der Waals surface area contributed by atoms with Crippen LogP contribution in [0.25, 0.3) is 11.0 Å². The number of hydrogen-bond donors (Lipinski definition) is 1. The van der Waals surface area contributed by atoms with E-state index >= 15 is 0 Å². The SMILES string of the molecule is CN(CC(=O)NC(C)(C)C)C(=O)COC(=O)Cc1noc2ccccc12. The van der Waals surface area contributed by atoms with Crippen molar-refractivity contribution in [1.29, 1.82) is 0 Å². The zero-order valence-corrected chi connectivity index (χ0v) is 15.4. The lowest BCUT2D eigenvalue weighted by molar-refractivity contribution is -0.151. The molecule has 0 radical (unpaired) electrons. The average Bonchev–Trinajstić information content (AvgIpc) is 2.94. The van der Waals surface area contributed by atoms with E-state index in [0.717, 1.165) is 5.39 Å². The molecule has 2 aromatic rings. The number of likely N-dealkylation sites (N-methyl/N-ethyl adjacent to an activating group) is 1. The first kappa shape index (κ1) is 19.4. The number of amides is 2. The third kappa shape index (κ3) is 5.58. The summed E-state index contributed by atoms with van der Waals surface area (Å²) in [7, 11) is 1.48. The third-order valence-corrected chi connectivity index (χ3v) is 3.44. The fraction of sp³-hybridized carbons (Fsp3) is 0.444. The molecule has 1 aromatic heterocycles. The number of nitrogens with one attached hydrogen (secondary N) is 1. The highest BCUT2D eigenvalue weighted by Crippen LogP contribution is 2.18. The monoisotopic (exact) mass is 361 g/mol. The molecule has 2 amide bonds. The highest BCUT2D eigenvalue weighted by Gasteiger charge is 2.19. The lowest BCUT2D eigenvalue weighted by Crippen LogP contribution is -2.46. The van der Waals surface area contributed by atoms with Gasteiger partial charge in [-0.05, 0) is 32.9 Å². The molecule has 8 heteroatoms. The average molecular weight is 361 g/mol. The summed E-state index contributed by atoms with van der Waals surface area (Å²) in [5.41, 5.74) is 0.653. The molecule has 1 aromatic carbocycles. The van der Waals surface area contributed by atoms with Crippen LogP contribution in [-0.4, -0.2) is 53.6 Å². The minimum absolute atomic E-state index is 0.0987. The molecule has 2 rings (SSSR count).